The van der Waals surface area contributed by atoms with Crippen LogP contribution in [0.3, 0.4) is 0 Å². The predicted molar refractivity (Wildman–Crippen MR) is 68.0 cm³/mol. The minimum Gasteiger partial charge on any atom is -0.381 e. The molecule has 1 aliphatic heterocycles. The molecule has 0 aromatic carbocycles. The molecule has 100 valence electrons. The number of carbonyl (C=O) groups is 1. The standard InChI is InChI=1S/C12H25N3O2/c1-10(15(2)3)8-13-9-12(16)14-11-4-6-17-7-5-11/h10-11,13H,4-9H2,1-3H3,(H,14,16). The van der Waals surface area contributed by atoms with Crippen molar-refractivity contribution in [2.45, 2.75) is 31.8 Å². The molecule has 1 rings (SSSR count). The second kappa shape index (κ2) is 7.63. The van der Waals surface area contributed by atoms with Gasteiger partial charge in [-0.3, -0.25) is 4.79 Å². The van der Waals surface area contributed by atoms with E-state index in [2.05, 4.69) is 22.5 Å². The summed E-state index contributed by atoms with van der Waals surface area (Å²) in [6.07, 6.45) is 1.86. The third-order valence-electron chi connectivity index (χ3n) is 3.19. The Bertz CT molecular complexity index is 228. The third-order valence-corrected chi connectivity index (χ3v) is 3.19. The molecule has 5 heteroatoms. The number of ether oxygens (including phenoxy) is 1. The van der Waals surface area contributed by atoms with Gasteiger partial charge >= 0.3 is 0 Å². The molecular weight excluding hydrogens is 218 g/mol. The quantitative estimate of drug-likeness (QED) is 0.679. The van der Waals surface area contributed by atoms with Gasteiger partial charge < -0.3 is 20.3 Å². The normalized spacial score (nSPS) is 19.3. The van der Waals surface area contributed by atoms with Crippen LogP contribution in [-0.2, 0) is 9.53 Å². The molecule has 0 radical (unpaired) electrons. The zero-order valence-electron chi connectivity index (χ0n) is 11.2. The summed E-state index contributed by atoms with van der Waals surface area (Å²) in [5, 5.41) is 6.20. The molecule has 5 nitrogen and oxygen atoms in total. The summed E-state index contributed by atoms with van der Waals surface area (Å²) in [6.45, 7) is 4.87. The van der Waals surface area contributed by atoms with Crippen LogP contribution >= 0.6 is 0 Å². The van der Waals surface area contributed by atoms with Crippen molar-refractivity contribution in [2.24, 2.45) is 0 Å². The van der Waals surface area contributed by atoms with E-state index in [1.54, 1.807) is 0 Å². The van der Waals surface area contributed by atoms with Gasteiger partial charge in [0.2, 0.25) is 5.91 Å². The number of hydrogen-bond acceptors (Lipinski definition) is 4. The van der Waals surface area contributed by atoms with E-state index in [1.165, 1.54) is 0 Å². The van der Waals surface area contributed by atoms with Gasteiger partial charge in [0.15, 0.2) is 0 Å². The van der Waals surface area contributed by atoms with E-state index in [0.29, 0.717) is 18.6 Å². The molecule has 1 heterocycles. The van der Waals surface area contributed by atoms with Crippen LogP contribution in [0.5, 0.6) is 0 Å². The van der Waals surface area contributed by atoms with Crippen LogP contribution in [0.15, 0.2) is 0 Å². The number of carbonyl (C=O) groups excluding carboxylic acids is 1. The van der Waals surface area contributed by atoms with E-state index >= 15 is 0 Å². The zero-order chi connectivity index (χ0) is 12.7. The fourth-order valence-electron chi connectivity index (χ4n) is 1.70. The van der Waals surface area contributed by atoms with Crippen LogP contribution in [0.1, 0.15) is 19.8 Å². The Morgan fingerprint density at radius 1 is 1.41 bits per heavy atom. The van der Waals surface area contributed by atoms with Crippen molar-refractivity contribution in [3.63, 3.8) is 0 Å². The van der Waals surface area contributed by atoms with Gasteiger partial charge in [-0.1, -0.05) is 0 Å². The van der Waals surface area contributed by atoms with Gasteiger partial charge in [-0.25, -0.2) is 0 Å². The van der Waals surface area contributed by atoms with Gasteiger partial charge in [0.25, 0.3) is 0 Å². The summed E-state index contributed by atoms with van der Waals surface area (Å²) in [5.41, 5.74) is 0. The Kier molecular flexibility index (Phi) is 6.47. The molecule has 0 aliphatic carbocycles. The van der Waals surface area contributed by atoms with Gasteiger partial charge in [0, 0.05) is 31.8 Å². The molecule has 1 unspecified atom stereocenters. The van der Waals surface area contributed by atoms with Crippen LogP contribution in [0.25, 0.3) is 0 Å². The lowest BCUT2D eigenvalue weighted by Crippen LogP contribution is -2.45. The number of rotatable bonds is 6. The average molecular weight is 243 g/mol. The molecular formula is C12H25N3O2. The highest BCUT2D eigenvalue weighted by Crippen LogP contribution is 2.05. The molecule has 1 atom stereocenters. The van der Waals surface area contributed by atoms with Crippen molar-refractivity contribution >= 4 is 5.91 Å². The summed E-state index contributed by atoms with van der Waals surface area (Å²) in [6, 6.07) is 0.732. The highest BCUT2D eigenvalue weighted by molar-refractivity contribution is 5.78. The van der Waals surface area contributed by atoms with Gasteiger partial charge in [0.1, 0.15) is 0 Å². The van der Waals surface area contributed by atoms with Crippen molar-refractivity contribution in [1.82, 2.24) is 15.5 Å². The highest BCUT2D eigenvalue weighted by atomic mass is 16.5. The van der Waals surface area contributed by atoms with E-state index in [4.69, 9.17) is 4.74 Å². The van der Waals surface area contributed by atoms with Gasteiger partial charge in [-0.15, -0.1) is 0 Å². The maximum Gasteiger partial charge on any atom is 0.234 e. The molecule has 0 aromatic heterocycles. The summed E-state index contributed by atoms with van der Waals surface area (Å²) < 4.78 is 5.25. The largest absolute Gasteiger partial charge is 0.381 e. The number of nitrogens with zero attached hydrogens (tertiary/aromatic N) is 1. The van der Waals surface area contributed by atoms with E-state index < -0.39 is 0 Å². The fraction of sp³-hybridized carbons (Fsp3) is 0.917. The molecule has 1 amide bonds. The number of hydrogen-bond donors (Lipinski definition) is 2. The topological polar surface area (TPSA) is 53.6 Å². The van der Waals surface area contributed by atoms with Gasteiger partial charge in [-0.2, -0.15) is 0 Å². The summed E-state index contributed by atoms with van der Waals surface area (Å²) >= 11 is 0. The number of amides is 1. The van der Waals surface area contributed by atoms with E-state index in [9.17, 15) is 4.79 Å². The lowest BCUT2D eigenvalue weighted by atomic mass is 10.1. The summed E-state index contributed by atoms with van der Waals surface area (Å²) in [7, 11) is 4.07. The minimum atomic E-state index is 0.0860. The Balaban J connectivity index is 2.08. The Morgan fingerprint density at radius 3 is 2.65 bits per heavy atom. The van der Waals surface area contributed by atoms with Crippen molar-refractivity contribution < 1.29 is 9.53 Å². The maximum atomic E-state index is 11.6. The number of nitrogens with one attached hydrogen (secondary N) is 2. The first-order valence-electron chi connectivity index (χ1n) is 6.34. The molecule has 1 aliphatic rings. The van der Waals surface area contributed by atoms with E-state index in [1.807, 2.05) is 14.1 Å². The SMILES string of the molecule is CC(CNCC(=O)NC1CCOCC1)N(C)C. The molecule has 0 spiro atoms. The molecule has 0 aromatic rings. The molecule has 1 saturated heterocycles. The number of likely N-dealkylation sites (N-methyl/N-ethyl adjacent to an activating group) is 1. The molecule has 1 fully saturated rings. The smallest absolute Gasteiger partial charge is 0.234 e. The fourth-order valence-corrected chi connectivity index (χ4v) is 1.70. The lowest BCUT2D eigenvalue weighted by molar-refractivity contribution is -0.121. The van der Waals surface area contributed by atoms with Crippen LogP contribution in [-0.4, -0.2) is 63.3 Å². The minimum absolute atomic E-state index is 0.0860. The van der Waals surface area contributed by atoms with Crippen LogP contribution in [0.4, 0.5) is 0 Å². The second-order valence-corrected chi connectivity index (χ2v) is 4.90. The predicted octanol–water partition coefficient (Wildman–Crippen LogP) is -0.179. The summed E-state index contributed by atoms with van der Waals surface area (Å²) in [4.78, 5) is 13.8. The van der Waals surface area contributed by atoms with Crippen molar-refractivity contribution in [3.8, 4) is 0 Å². The Hall–Kier alpha value is -0.650. The van der Waals surface area contributed by atoms with Gasteiger partial charge in [-0.05, 0) is 33.9 Å². The van der Waals surface area contributed by atoms with Crippen LogP contribution in [0, 0.1) is 0 Å². The average Bonchev–Trinajstić information content (AvgIpc) is 2.30. The highest BCUT2D eigenvalue weighted by Gasteiger charge is 2.15. The molecule has 0 saturated carbocycles. The second-order valence-electron chi connectivity index (χ2n) is 4.90. The van der Waals surface area contributed by atoms with Crippen LogP contribution < -0.4 is 10.6 Å². The van der Waals surface area contributed by atoms with Gasteiger partial charge in [0.05, 0.1) is 6.54 Å². The molecule has 0 bridgehead atoms. The van der Waals surface area contributed by atoms with Crippen LogP contribution in [0.2, 0.25) is 0 Å². The first-order valence-corrected chi connectivity index (χ1v) is 6.34. The lowest BCUT2D eigenvalue weighted by Gasteiger charge is -2.24. The molecule has 2 N–H and O–H groups in total. The Labute approximate surface area is 104 Å². The van der Waals surface area contributed by atoms with Crippen molar-refractivity contribution in [2.75, 3.05) is 40.4 Å². The summed E-state index contributed by atoms with van der Waals surface area (Å²) in [5.74, 6) is 0.0860. The monoisotopic (exact) mass is 243 g/mol. The molecule has 17 heavy (non-hydrogen) atoms. The maximum absolute atomic E-state index is 11.6. The van der Waals surface area contributed by atoms with E-state index in [-0.39, 0.29) is 5.91 Å². The van der Waals surface area contributed by atoms with Crippen molar-refractivity contribution in [3.05, 3.63) is 0 Å². The first-order chi connectivity index (χ1) is 8.09. The Morgan fingerprint density at radius 2 is 2.06 bits per heavy atom. The van der Waals surface area contributed by atoms with Crippen molar-refractivity contribution in [1.29, 1.82) is 0 Å². The van der Waals surface area contributed by atoms with E-state index in [0.717, 1.165) is 32.6 Å². The first kappa shape index (κ1) is 14.4. The third kappa shape index (κ3) is 6.00. The zero-order valence-corrected chi connectivity index (χ0v) is 11.2.